The van der Waals surface area contributed by atoms with E-state index in [0.29, 0.717) is 33.0 Å². The van der Waals surface area contributed by atoms with Gasteiger partial charge >= 0.3 is 23.9 Å². The number of benzene rings is 1. The third-order valence-electron chi connectivity index (χ3n) is 7.95. The highest BCUT2D eigenvalue weighted by molar-refractivity contribution is 6.00. The lowest BCUT2D eigenvalue weighted by atomic mass is 10.1. The summed E-state index contributed by atoms with van der Waals surface area (Å²) in [6, 6.07) is 0.771. The maximum absolute atomic E-state index is 13.1. The number of carbonyl (C=O) groups excluding carboxylic acids is 5. The minimum atomic E-state index is -1.47. The Kier molecular flexibility index (Phi) is 28.6. The van der Waals surface area contributed by atoms with E-state index in [1.165, 1.54) is 18.2 Å². The van der Waals surface area contributed by atoms with Crippen molar-refractivity contribution < 1.29 is 87.3 Å². The summed E-state index contributed by atoms with van der Waals surface area (Å²) < 4.78 is 27.0. The Morgan fingerprint density at radius 2 is 0.984 bits per heavy atom. The van der Waals surface area contributed by atoms with E-state index in [2.05, 4.69) is 36.6 Å². The molecule has 0 aromatic heterocycles. The van der Waals surface area contributed by atoms with Crippen LogP contribution in [0.25, 0.3) is 10.4 Å². The van der Waals surface area contributed by atoms with Crippen molar-refractivity contribution in [1.29, 1.82) is 0 Å². The van der Waals surface area contributed by atoms with Crippen LogP contribution in [0.1, 0.15) is 65.7 Å². The Bertz CT molecular complexity index is 1640. The van der Waals surface area contributed by atoms with Crippen LogP contribution in [0.3, 0.4) is 0 Å². The number of hydrogen-bond acceptors (Lipinski definition) is 15. The number of nitrogens with one attached hydrogen (secondary N) is 5. The first-order chi connectivity index (χ1) is 30.1. The highest BCUT2D eigenvalue weighted by Gasteiger charge is 2.23. The number of ether oxygens (including phenoxy) is 5. The van der Waals surface area contributed by atoms with E-state index in [1.54, 1.807) is 0 Å². The van der Waals surface area contributed by atoms with Crippen molar-refractivity contribution in [2.45, 2.75) is 57.0 Å². The zero-order valence-electron chi connectivity index (χ0n) is 34.4. The third kappa shape index (κ3) is 27.8. The van der Waals surface area contributed by atoms with Crippen molar-refractivity contribution in [3.05, 3.63) is 39.8 Å². The van der Waals surface area contributed by atoms with Gasteiger partial charge in [-0.1, -0.05) is 5.11 Å². The molecule has 0 fully saturated rings. The van der Waals surface area contributed by atoms with E-state index in [0.717, 1.165) is 0 Å². The molecule has 0 aliphatic carbocycles. The van der Waals surface area contributed by atoms with Gasteiger partial charge in [-0.05, 0) is 36.6 Å². The Hall–Kier alpha value is -6.60. The zero-order chi connectivity index (χ0) is 46.8. The molecule has 350 valence electrons. The number of carboxylic acids is 4. The smallest absolute Gasteiger partial charge is 0.326 e. The van der Waals surface area contributed by atoms with E-state index in [9.17, 15) is 53.4 Å². The molecule has 1 aromatic rings. The fourth-order valence-electron chi connectivity index (χ4n) is 4.84. The van der Waals surface area contributed by atoms with E-state index in [4.69, 9.17) is 39.4 Å². The van der Waals surface area contributed by atoms with Gasteiger partial charge in [0, 0.05) is 67.8 Å². The van der Waals surface area contributed by atoms with E-state index in [-0.39, 0.29) is 107 Å². The second kappa shape index (κ2) is 33.1. The SMILES string of the molecule is [N-]=[N+]=NCCOCCOCCOCCOCCC(=O)NCCOc1cc(C(=O)NCCC(=O)NC(CCC(=O)O)C(=O)O)cc(C(=O)NCCC(=O)NC(CCC(=O)O)C(=O)O)c1. The summed E-state index contributed by atoms with van der Waals surface area (Å²) >= 11 is 0. The van der Waals surface area contributed by atoms with Crippen LogP contribution >= 0.6 is 0 Å². The third-order valence-corrected chi connectivity index (χ3v) is 7.95. The predicted octanol–water partition coefficient (Wildman–Crippen LogP) is -0.943. The van der Waals surface area contributed by atoms with E-state index in [1.807, 2.05) is 0 Å². The monoisotopic (exact) mass is 898 g/mol. The van der Waals surface area contributed by atoms with Crippen LogP contribution in [0.5, 0.6) is 5.75 Å². The first kappa shape index (κ1) is 54.4. The Labute approximate surface area is 360 Å². The normalized spacial score (nSPS) is 11.5. The average molecular weight is 899 g/mol. The molecule has 63 heavy (non-hydrogen) atoms. The summed E-state index contributed by atoms with van der Waals surface area (Å²) in [6.45, 7) is 1.84. The number of nitrogens with zero attached hydrogens (tertiary/aromatic N) is 3. The van der Waals surface area contributed by atoms with Crippen LogP contribution < -0.4 is 31.3 Å². The number of amides is 5. The molecule has 2 unspecified atom stereocenters. The van der Waals surface area contributed by atoms with Crippen molar-refractivity contribution in [1.82, 2.24) is 26.6 Å². The van der Waals surface area contributed by atoms with Gasteiger partial charge in [0.05, 0.1) is 59.4 Å². The van der Waals surface area contributed by atoms with Crippen molar-refractivity contribution in [2.75, 3.05) is 85.6 Å². The molecule has 1 aromatic carbocycles. The number of azide groups is 1. The van der Waals surface area contributed by atoms with Gasteiger partial charge in [-0.2, -0.15) is 0 Å². The van der Waals surface area contributed by atoms with E-state index < -0.39 is 72.4 Å². The number of hydrogen-bond donors (Lipinski definition) is 9. The first-order valence-corrected chi connectivity index (χ1v) is 19.5. The Morgan fingerprint density at radius 3 is 1.41 bits per heavy atom. The Morgan fingerprint density at radius 1 is 0.540 bits per heavy atom. The maximum atomic E-state index is 13.1. The second-order valence-electron chi connectivity index (χ2n) is 12.9. The van der Waals surface area contributed by atoms with Gasteiger partial charge in [-0.25, -0.2) is 9.59 Å². The minimum absolute atomic E-state index is 0.00675. The van der Waals surface area contributed by atoms with E-state index >= 15 is 0 Å². The fraction of sp³-hybridized carbons (Fsp3) is 0.595. The zero-order valence-corrected chi connectivity index (χ0v) is 34.4. The molecule has 9 N–H and O–H groups in total. The van der Waals surface area contributed by atoms with Crippen LogP contribution in [0.15, 0.2) is 23.3 Å². The van der Waals surface area contributed by atoms with Crippen molar-refractivity contribution >= 4 is 53.4 Å². The van der Waals surface area contributed by atoms with Crippen LogP contribution in [-0.2, 0) is 52.5 Å². The summed E-state index contributed by atoms with van der Waals surface area (Å²) in [5, 5.41) is 51.4. The highest BCUT2D eigenvalue weighted by atomic mass is 16.6. The van der Waals surface area contributed by atoms with Crippen molar-refractivity contribution in [3.63, 3.8) is 0 Å². The molecular formula is C37H54N8O18. The van der Waals surface area contributed by atoms with Crippen LogP contribution in [0.4, 0.5) is 0 Å². The largest absolute Gasteiger partial charge is 0.492 e. The van der Waals surface area contributed by atoms with Gasteiger partial charge in [0.15, 0.2) is 0 Å². The average Bonchev–Trinajstić information content (AvgIpc) is 3.23. The molecule has 26 heteroatoms. The number of carboxylic acid groups (broad SMARTS) is 4. The molecule has 0 aliphatic rings. The minimum Gasteiger partial charge on any atom is -0.492 e. The molecular weight excluding hydrogens is 844 g/mol. The molecule has 2 atom stereocenters. The molecule has 0 aliphatic heterocycles. The molecule has 5 amide bonds. The van der Waals surface area contributed by atoms with Gasteiger partial charge in [0.2, 0.25) is 17.7 Å². The molecule has 1 rings (SSSR count). The van der Waals surface area contributed by atoms with Crippen molar-refractivity contribution in [3.8, 4) is 5.75 Å². The Balaban J connectivity index is 2.70. The summed E-state index contributed by atoms with van der Waals surface area (Å²) in [5.74, 6) is -8.87. The predicted molar refractivity (Wildman–Crippen MR) is 214 cm³/mol. The van der Waals surface area contributed by atoms with Gasteiger partial charge < -0.3 is 70.7 Å². The maximum Gasteiger partial charge on any atom is 0.326 e. The lowest BCUT2D eigenvalue weighted by Gasteiger charge is -2.15. The van der Waals surface area contributed by atoms with Gasteiger partial charge in [0.25, 0.3) is 11.8 Å². The van der Waals surface area contributed by atoms with Crippen molar-refractivity contribution in [2.24, 2.45) is 5.11 Å². The van der Waals surface area contributed by atoms with Crippen LogP contribution in [0, 0.1) is 0 Å². The lowest BCUT2D eigenvalue weighted by Crippen LogP contribution is -2.42. The summed E-state index contributed by atoms with van der Waals surface area (Å²) in [6.07, 6.45) is -2.49. The second-order valence-corrected chi connectivity index (χ2v) is 12.9. The number of carbonyl (C=O) groups is 9. The standard InChI is InChI=1S/C37H54N8O18/c38-45-42-11-13-60-16-18-62-20-19-61-17-15-59-12-7-29(46)39-10-14-63-26-22-24(34(53)40-8-5-30(47)43-27(36(55)56)1-3-32(49)50)21-25(23-26)35(54)41-9-6-31(48)44-28(37(57)58)2-4-33(51)52/h21-23,27-28H,1-20H2,(H,39,46)(H,40,53)(H,41,54)(H,43,47)(H,44,48)(H,49,50)(H,51,52)(H,55,56)(H,57,58). The molecule has 0 spiro atoms. The van der Waals surface area contributed by atoms with Gasteiger partial charge in [0.1, 0.15) is 24.4 Å². The number of aliphatic carboxylic acids is 4. The summed E-state index contributed by atoms with van der Waals surface area (Å²) in [7, 11) is 0. The summed E-state index contributed by atoms with van der Waals surface area (Å²) in [4.78, 5) is 110. The number of rotatable bonds is 37. The molecule has 26 nitrogen and oxygen atoms in total. The topological polar surface area (TPSA) is 390 Å². The lowest BCUT2D eigenvalue weighted by molar-refractivity contribution is -0.144. The van der Waals surface area contributed by atoms with Crippen LogP contribution in [0.2, 0.25) is 0 Å². The summed E-state index contributed by atoms with van der Waals surface area (Å²) in [5.41, 5.74) is 7.94. The van der Waals surface area contributed by atoms with Gasteiger partial charge in [-0.15, -0.1) is 0 Å². The molecule has 0 saturated heterocycles. The first-order valence-electron chi connectivity index (χ1n) is 19.5. The molecule has 0 bridgehead atoms. The quantitative estimate of drug-likeness (QED) is 0.0168. The highest BCUT2D eigenvalue weighted by Crippen LogP contribution is 2.18. The fourth-order valence-corrected chi connectivity index (χ4v) is 4.84. The molecule has 0 heterocycles. The van der Waals surface area contributed by atoms with Gasteiger partial charge in [-0.3, -0.25) is 33.6 Å². The molecule has 0 radical (unpaired) electrons. The van der Waals surface area contributed by atoms with Crippen LogP contribution in [-0.4, -0.2) is 172 Å². The molecule has 0 saturated carbocycles.